The molecule has 1 rings (SSSR count). The van der Waals surface area contributed by atoms with Gasteiger partial charge in [0.2, 0.25) is 5.91 Å². The van der Waals surface area contributed by atoms with E-state index in [0.717, 1.165) is 0 Å². The number of carbonyl (C=O) groups excluding carboxylic acids is 2. The fourth-order valence-corrected chi connectivity index (χ4v) is 1.14. The highest BCUT2D eigenvalue weighted by Crippen LogP contribution is 2.09. The van der Waals surface area contributed by atoms with Gasteiger partial charge in [-0.3, -0.25) is 9.59 Å². The normalized spacial score (nSPS) is 10.9. The summed E-state index contributed by atoms with van der Waals surface area (Å²) < 4.78 is 0. The van der Waals surface area contributed by atoms with Gasteiger partial charge in [-0.15, -0.1) is 0 Å². The number of rotatable bonds is 3. The maximum Gasteiger partial charge on any atom is 0.252 e. The molecule has 6 heteroatoms. The molecule has 16 heavy (non-hydrogen) atoms. The Morgan fingerprint density at radius 3 is 2.62 bits per heavy atom. The smallest absolute Gasteiger partial charge is 0.252 e. The lowest BCUT2D eigenvalue weighted by Gasteiger charge is -2.22. The second-order valence-corrected chi connectivity index (χ2v) is 4.20. The van der Waals surface area contributed by atoms with E-state index in [4.69, 9.17) is 17.3 Å². The number of nitrogens with two attached hydrogens (primary N) is 1. The second kappa shape index (κ2) is 4.49. The van der Waals surface area contributed by atoms with E-state index in [0.29, 0.717) is 5.56 Å². The van der Waals surface area contributed by atoms with Gasteiger partial charge in [-0.1, -0.05) is 11.6 Å². The molecule has 0 bridgehead atoms. The van der Waals surface area contributed by atoms with Crippen molar-refractivity contribution in [3.63, 3.8) is 0 Å². The van der Waals surface area contributed by atoms with Gasteiger partial charge in [-0.2, -0.15) is 0 Å². The molecular weight excluding hydrogens is 230 g/mol. The second-order valence-electron chi connectivity index (χ2n) is 3.81. The lowest BCUT2D eigenvalue weighted by Crippen LogP contribution is -2.53. The summed E-state index contributed by atoms with van der Waals surface area (Å²) >= 11 is 5.64. The zero-order valence-electron chi connectivity index (χ0n) is 8.95. The molecule has 0 aromatic carbocycles. The average molecular weight is 242 g/mol. The molecule has 0 aliphatic rings. The van der Waals surface area contributed by atoms with Crippen molar-refractivity contribution in [3.8, 4) is 0 Å². The molecule has 0 unspecified atom stereocenters. The van der Waals surface area contributed by atoms with Crippen molar-refractivity contribution in [3.05, 3.63) is 29.0 Å². The quantitative estimate of drug-likeness (QED) is 0.765. The minimum Gasteiger partial charge on any atom is -0.368 e. The summed E-state index contributed by atoms with van der Waals surface area (Å²) in [4.78, 5) is 26.5. The maximum absolute atomic E-state index is 11.7. The van der Waals surface area contributed by atoms with Crippen LogP contribution < -0.4 is 11.1 Å². The van der Waals surface area contributed by atoms with Crippen LogP contribution in [0.5, 0.6) is 0 Å². The summed E-state index contributed by atoms with van der Waals surface area (Å²) in [6.07, 6.45) is 1.41. The molecule has 3 N–H and O–H groups in total. The van der Waals surface area contributed by atoms with Crippen LogP contribution in [0, 0.1) is 0 Å². The van der Waals surface area contributed by atoms with Crippen molar-refractivity contribution in [1.29, 1.82) is 0 Å². The zero-order chi connectivity index (χ0) is 12.3. The van der Waals surface area contributed by atoms with Gasteiger partial charge >= 0.3 is 0 Å². The van der Waals surface area contributed by atoms with Crippen LogP contribution in [0.25, 0.3) is 0 Å². The van der Waals surface area contributed by atoms with Crippen LogP contribution >= 0.6 is 11.6 Å². The predicted molar refractivity (Wildman–Crippen MR) is 60.0 cm³/mol. The Hall–Kier alpha value is -1.62. The first-order valence-electron chi connectivity index (χ1n) is 4.57. The van der Waals surface area contributed by atoms with Crippen LogP contribution in [0.1, 0.15) is 24.2 Å². The number of aromatic nitrogens is 1. The summed E-state index contributed by atoms with van der Waals surface area (Å²) in [6.45, 7) is 3.05. The number of primary amides is 1. The molecule has 1 aromatic heterocycles. The molecule has 0 aliphatic carbocycles. The first-order valence-corrected chi connectivity index (χ1v) is 4.95. The Balaban J connectivity index is 2.85. The Morgan fingerprint density at radius 2 is 2.12 bits per heavy atom. The van der Waals surface area contributed by atoms with E-state index in [2.05, 4.69) is 10.3 Å². The number of pyridine rings is 1. The third-order valence-corrected chi connectivity index (χ3v) is 2.24. The Bertz CT molecular complexity index is 432. The van der Waals surface area contributed by atoms with Crippen LogP contribution in [-0.4, -0.2) is 22.3 Å². The van der Waals surface area contributed by atoms with Crippen LogP contribution in [0.15, 0.2) is 18.3 Å². The standard InChI is InChI=1S/C10H12ClN3O2/c1-10(2,9(12)16)14-8(15)6-3-4-13-7(11)5-6/h3-5H,1-2H3,(H2,12,16)(H,14,15). The van der Waals surface area contributed by atoms with Crippen molar-refractivity contribution >= 4 is 23.4 Å². The highest BCUT2D eigenvalue weighted by molar-refractivity contribution is 6.29. The van der Waals surface area contributed by atoms with Gasteiger partial charge in [0.15, 0.2) is 0 Å². The molecule has 86 valence electrons. The number of hydrogen-bond acceptors (Lipinski definition) is 3. The molecule has 5 nitrogen and oxygen atoms in total. The van der Waals surface area contributed by atoms with Crippen LogP contribution in [0.3, 0.4) is 0 Å². The van der Waals surface area contributed by atoms with Crippen molar-refractivity contribution in [1.82, 2.24) is 10.3 Å². The lowest BCUT2D eigenvalue weighted by molar-refractivity contribution is -0.122. The molecule has 1 aromatic rings. The SMILES string of the molecule is CC(C)(NC(=O)c1ccnc(Cl)c1)C(N)=O. The predicted octanol–water partition coefficient (Wildman–Crippen LogP) is 0.729. The number of hydrogen-bond donors (Lipinski definition) is 2. The van der Waals surface area contributed by atoms with E-state index in [9.17, 15) is 9.59 Å². The third kappa shape index (κ3) is 2.93. The summed E-state index contributed by atoms with van der Waals surface area (Å²) in [5.41, 5.74) is 4.36. The van der Waals surface area contributed by atoms with Gasteiger partial charge in [0.25, 0.3) is 5.91 Å². The van der Waals surface area contributed by atoms with E-state index in [1.54, 1.807) is 0 Å². The lowest BCUT2D eigenvalue weighted by atomic mass is 10.0. The van der Waals surface area contributed by atoms with Gasteiger partial charge in [0.1, 0.15) is 10.7 Å². The van der Waals surface area contributed by atoms with E-state index in [1.807, 2.05) is 0 Å². The van der Waals surface area contributed by atoms with Crippen molar-refractivity contribution in [2.75, 3.05) is 0 Å². The third-order valence-electron chi connectivity index (χ3n) is 2.03. The number of nitrogens with zero attached hydrogens (tertiary/aromatic N) is 1. The van der Waals surface area contributed by atoms with Gasteiger partial charge in [-0.05, 0) is 26.0 Å². The minimum absolute atomic E-state index is 0.213. The van der Waals surface area contributed by atoms with Crippen LogP contribution in [0.2, 0.25) is 5.15 Å². The summed E-state index contributed by atoms with van der Waals surface area (Å²) in [7, 11) is 0. The molecule has 0 atom stereocenters. The van der Waals surface area contributed by atoms with Gasteiger partial charge in [0, 0.05) is 11.8 Å². The number of carbonyl (C=O) groups is 2. The average Bonchev–Trinajstić information content (AvgIpc) is 2.16. The Labute approximate surface area is 98.0 Å². The van der Waals surface area contributed by atoms with E-state index < -0.39 is 17.4 Å². The van der Waals surface area contributed by atoms with Gasteiger partial charge < -0.3 is 11.1 Å². The number of nitrogens with one attached hydrogen (secondary N) is 1. The summed E-state index contributed by atoms with van der Waals surface area (Å²) in [6, 6.07) is 2.91. The first-order chi connectivity index (χ1) is 7.33. The minimum atomic E-state index is -1.10. The van der Waals surface area contributed by atoms with Crippen LogP contribution in [-0.2, 0) is 4.79 Å². The number of amides is 2. The fraction of sp³-hybridized carbons (Fsp3) is 0.300. The van der Waals surface area contributed by atoms with E-state index >= 15 is 0 Å². The zero-order valence-corrected chi connectivity index (χ0v) is 9.71. The van der Waals surface area contributed by atoms with Crippen molar-refractivity contribution in [2.45, 2.75) is 19.4 Å². The Kier molecular flexibility index (Phi) is 3.49. The molecule has 0 aliphatic heterocycles. The maximum atomic E-state index is 11.7. The van der Waals surface area contributed by atoms with Crippen molar-refractivity contribution < 1.29 is 9.59 Å². The molecule has 0 spiro atoms. The molecular formula is C10H12ClN3O2. The first kappa shape index (κ1) is 12.4. The molecule has 1 heterocycles. The molecule has 0 saturated heterocycles. The highest BCUT2D eigenvalue weighted by atomic mass is 35.5. The highest BCUT2D eigenvalue weighted by Gasteiger charge is 2.27. The topological polar surface area (TPSA) is 85.1 Å². The molecule has 2 amide bonds. The van der Waals surface area contributed by atoms with Crippen molar-refractivity contribution in [2.24, 2.45) is 5.73 Å². The molecule has 0 radical (unpaired) electrons. The largest absolute Gasteiger partial charge is 0.368 e. The van der Waals surface area contributed by atoms with Crippen LogP contribution in [0.4, 0.5) is 0 Å². The van der Waals surface area contributed by atoms with E-state index in [-0.39, 0.29) is 5.15 Å². The summed E-state index contributed by atoms with van der Waals surface area (Å²) in [5, 5.41) is 2.71. The molecule has 0 saturated carbocycles. The van der Waals surface area contributed by atoms with Gasteiger partial charge in [0.05, 0.1) is 0 Å². The fourth-order valence-electron chi connectivity index (χ4n) is 0.961. The number of halogens is 1. The Morgan fingerprint density at radius 1 is 1.50 bits per heavy atom. The van der Waals surface area contributed by atoms with E-state index in [1.165, 1.54) is 32.2 Å². The molecule has 0 fully saturated rings. The monoisotopic (exact) mass is 241 g/mol. The summed E-state index contributed by atoms with van der Waals surface area (Å²) in [5.74, 6) is -1.03. The van der Waals surface area contributed by atoms with Gasteiger partial charge in [-0.25, -0.2) is 4.98 Å².